The predicted octanol–water partition coefficient (Wildman–Crippen LogP) is 3.95. The minimum Gasteiger partial charge on any atom is -0.491 e. The summed E-state index contributed by atoms with van der Waals surface area (Å²) >= 11 is 0. The summed E-state index contributed by atoms with van der Waals surface area (Å²) in [5.41, 5.74) is 3.08. The van der Waals surface area contributed by atoms with Crippen molar-refractivity contribution in [3.8, 4) is 5.75 Å². The van der Waals surface area contributed by atoms with Crippen molar-refractivity contribution in [3.05, 3.63) is 47.3 Å². The minimum absolute atomic E-state index is 0.0101. The van der Waals surface area contributed by atoms with Crippen LogP contribution in [0.2, 0.25) is 0 Å². The van der Waals surface area contributed by atoms with Gasteiger partial charge in [-0.3, -0.25) is 9.48 Å². The van der Waals surface area contributed by atoms with Crippen molar-refractivity contribution in [1.29, 1.82) is 0 Å². The van der Waals surface area contributed by atoms with Crippen LogP contribution in [0.3, 0.4) is 0 Å². The summed E-state index contributed by atoms with van der Waals surface area (Å²) < 4.78 is 13.7. The average Bonchev–Trinajstić information content (AvgIpc) is 3.29. The van der Waals surface area contributed by atoms with E-state index in [-0.39, 0.29) is 30.1 Å². The van der Waals surface area contributed by atoms with E-state index in [2.05, 4.69) is 24.3 Å². The molecule has 1 aliphatic rings. The summed E-state index contributed by atoms with van der Waals surface area (Å²) in [6, 6.07) is 6.35. The largest absolute Gasteiger partial charge is 0.491 e. The Morgan fingerprint density at radius 1 is 1.36 bits per heavy atom. The molecule has 1 saturated heterocycles. The van der Waals surface area contributed by atoms with Crippen molar-refractivity contribution in [2.75, 3.05) is 6.61 Å². The van der Waals surface area contributed by atoms with Gasteiger partial charge in [0.15, 0.2) is 0 Å². The fourth-order valence-corrected chi connectivity index (χ4v) is 3.45. The SMILES string of the molecule is Cc1ccc(CNC(=O)[C@@H]2CCO[C@H]2c2cnn(C(C)C)c2)c(OC(C)C)c1. The third kappa shape index (κ3) is 4.73. The summed E-state index contributed by atoms with van der Waals surface area (Å²) in [6.45, 7) is 11.2. The van der Waals surface area contributed by atoms with E-state index in [0.717, 1.165) is 22.4 Å². The molecule has 1 aliphatic heterocycles. The number of benzene rings is 1. The Kier molecular flexibility index (Phi) is 6.39. The molecule has 0 unspecified atom stereocenters. The van der Waals surface area contributed by atoms with E-state index in [1.54, 1.807) is 0 Å². The summed E-state index contributed by atoms with van der Waals surface area (Å²) in [4.78, 5) is 12.9. The number of aromatic nitrogens is 2. The number of nitrogens with zero attached hydrogens (tertiary/aromatic N) is 2. The maximum Gasteiger partial charge on any atom is 0.226 e. The normalized spacial score (nSPS) is 19.4. The molecule has 0 bridgehead atoms. The molecule has 152 valence electrons. The molecular formula is C22H31N3O3. The molecule has 1 fully saturated rings. The molecule has 1 aromatic carbocycles. The second-order valence-electron chi connectivity index (χ2n) is 8.03. The number of rotatable bonds is 7. The summed E-state index contributed by atoms with van der Waals surface area (Å²) in [5, 5.41) is 7.46. The van der Waals surface area contributed by atoms with Gasteiger partial charge in [0.2, 0.25) is 5.91 Å². The van der Waals surface area contributed by atoms with Crippen molar-refractivity contribution < 1.29 is 14.3 Å². The van der Waals surface area contributed by atoms with E-state index in [1.807, 2.05) is 56.0 Å². The van der Waals surface area contributed by atoms with E-state index in [4.69, 9.17) is 9.47 Å². The Morgan fingerprint density at radius 3 is 2.82 bits per heavy atom. The van der Waals surface area contributed by atoms with Gasteiger partial charge < -0.3 is 14.8 Å². The predicted molar refractivity (Wildman–Crippen MR) is 108 cm³/mol. The van der Waals surface area contributed by atoms with E-state index in [9.17, 15) is 4.79 Å². The summed E-state index contributed by atoms with van der Waals surface area (Å²) in [6.07, 6.45) is 4.35. The first-order valence-electron chi connectivity index (χ1n) is 10.0. The zero-order valence-electron chi connectivity index (χ0n) is 17.4. The molecule has 2 heterocycles. The van der Waals surface area contributed by atoms with Crippen LogP contribution in [0.25, 0.3) is 0 Å². The topological polar surface area (TPSA) is 65.4 Å². The first kappa shape index (κ1) is 20.4. The van der Waals surface area contributed by atoms with Gasteiger partial charge in [-0.2, -0.15) is 5.10 Å². The molecule has 0 saturated carbocycles. The van der Waals surface area contributed by atoms with Crippen LogP contribution in [-0.4, -0.2) is 28.4 Å². The third-order valence-corrected chi connectivity index (χ3v) is 4.95. The molecule has 28 heavy (non-hydrogen) atoms. The highest BCUT2D eigenvalue weighted by Crippen LogP contribution is 2.35. The fraction of sp³-hybridized carbons (Fsp3) is 0.545. The number of hydrogen-bond donors (Lipinski definition) is 1. The van der Waals surface area contributed by atoms with Gasteiger partial charge in [0, 0.05) is 36.5 Å². The van der Waals surface area contributed by atoms with Crippen LogP contribution in [0, 0.1) is 12.8 Å². The highest BCUT2D eigenvalue weighted by molar-refractivity contribution is 5.79. The average molecular weight is 386 g/mol. The van der Waals surface area contributed by atoms with E-state index in [0.29, 0.717) is 19.6 Å². The van der Waals surface area contributed by atoms with Crippen LogP contribution in [0.15, 0.2) is 30.6 Å². The van der Waals surface area contributed by atoms with Crippen LogP contribution in [0.1, 0.15) is 63.0 Å². The van der Waals surface area contributed by atoms with Gasteiger partial charge in [0.1, 0.15) is 5.75 Å². The molecule has 1 N–H and O–H groups in total. The standard InChI is InChI=1S/C22H31N3O3/c1-14(2)25-13-18(12-24-25)21-19(8-9-27-21)22(26)23-11-17-7-6-16(5)10-20(17)28-15(3)4/h6-7,10,12-15,19,21H,8-9,11H2,1-5H3,(H,23,26)/t19-,21+/m1/s1. The first-order valence-corrected chi connectivity index (χ1v) is 10.0. The van der Waals surface area contributed by atoms with Gasteiger partial charge in [0.05, 0.1) is 24.3 Å². The Hall–Kier alpha value is -2.34. The Balaban J connectivity index is 1.67. The summed E-state index contributed by atoms with van der Waals surface area (Å²) in [5.74, 6) is 0.633. The monoisotopic (exact) mass is 385 g/mol. The number of nitrogens with one attached hydrogen (secondary N) is 1. The van der Waals surface area contributed by atoms with Crippen LogP contribution >= 0.6 is 0 Å². The second-order valence-corrected chi connectivity index (χ2v) is 8.03. The van der Waals surface area contributed by atoms with Crippen molar-refractivity contribution in [2.24, 2.45) is 5.92 Å². The molecule has 0 spiro atoms. The van der Waals surface area contributed by atoms with Gasteiger partial charge >= 0.3 is 0 Å². The van der Waals surface area contributed by atoms with Crippen molar-refractivity contribution in [2.45, 2.75) is 65.8 Å². The second kappa shape index (κ2) is 8.78. The van der Waals surface area contributed by atoms with Gasteiger partial charge in [-0.05, 0) is 52.7 Å². The number of aryl methyl sites for hydroxylation is 1. The molecule has 3 rings (SSSR count). The van der Waals surface area contributed by atoms with Gasteiger partial charge in [-0.15, -0.1) is 0 Å². The molecule has 1 amide bonds. The number of hydrogen-bond acceptors (Lipinski definition) is 4. The maximum atomic E-state index is 12.9. The van der Waals surface area contributed by atoms with Gasteiger partial charge in [-0.1, -0.05) is 12.1 Å². The highest BCUT2D eigenvalue weighted by atomic mass is 16.5. The zero-order valence-corrected chi connectivity index (χ0v) is 17.4. The van der Waals surface area contributed by atoms with Crippen LogP contribution in [0.4, 0.5) is 0 Å². The first-order chi connectivity index (χ1) is 13.3. The van der Waals surface area contributed by atoms with E-state index in [1.165, 1.54) is 0 Å². The lowest BCUT2D eigenvalue weighted by Crippen LogP contribution is -2.32. The van der Waals surface area contributed by atoms with Crippen LogP contribution in [0.5, 0.6) is 5.75 Å². The van der Waals surface area contributed by atoms with Crippen molar-refractivity contribution >= 4 is 5.91 Å². The minimum atomic E-state index is -0.239. The molecule has 2 atom stereocenters. The van der Waals surface area contributed by atoms with Gasteiger partial charge in [0.25, 0.3) is 0 Å². The van der Waals surface area contributed by atoms with Crippen molar-refractivity contribution in [1.82, 2.24) is 15.1 Å². The van der Waals surface area contributed by atoms with Gasteiger partial charge in [-0.25, -0.2) is 0 Å². The highest BCUT2D eigenvalue weighted by Gasteiger charge is 2.36. The molecular weight excluding hydrogens is 354 g/mol. The Morgan fingerprint density at radius 2 is 2.14 bits per heavy atom. The fourth-order valence-electron chi connectivity index (χ4n) is 3.45. The quantitative estimate of drug-likeness (QED) is 0.784. The number of carbonyl (C=O) groups is 1. The lowest BCUT2D eigenvalue weighted by molar-refractivity contribution is -0.126. The van der Waals surface area contributed by atoms with Crippen molar-refractivity contribution in [3.63, 3.8) is 0 Å². The Bertz CT molecular complexity index is 813. The summed E-state index contributed by atoms with van der Waals surface area (Å²) in [7, 11) is 0. The molecule has 0 radical (unpaired) electrons. The van der Waals surface area contributed by atoms with E-state index >= 15 is 0 Å². The van der Waals surface area contributed by atoms with E-state index < -0.39 is 0 Å². The Labute approximate surface area is 167 Å². The lowest BCUT2D eigenvalue weighted by atomic mass is 9.96. The lowest BCUT2D eigenvalue weighted by Gasteiger charge is -2.19. The zero-order chi connectivity index (χ0) is 20.3. The molecule has 6 nitrogen and oxygen atoms in total. The number of carbonyl (C=O) groups excluding carboxylic acids is 1. The smallest absolute Gasteiger partial charge is 0.226 e. The maximum absolute atomic E-state index is 12.9. The third-order valence-electron chi connectivity index (χ3n) is 4.95. The number of amides is 1. The number of ether oxygens (including phenoxy) is 2. The van der Waals surface area contributed by atoms with Crippen LogP contribution in [-0.2, 0) is 16.1 Å². The molecule has 2 aromatic rings. The van der Waals surface area contributed by atoms with Crippen LogP contribution < -0.4 is 10.1 Å². The molecule has 6 heteroatoms. The molecule has 0 aliphatic carbocycles. The molecule has 1 aromatic heterocycles.